The standard InChI is InChI=1S/C19H15BrF2O/c20-17-8-6-15(7-9-17)19(23,14-4-2-1-3-5-14)16-10-12-18(21,22)13-11-16/h1-12,23H,13H2. The summed E-state index contributed by atoms with van der Waals surface area (Å²) < 4.78 is 27.7. The SMILES string of the molecule is OC(C1=CCC(F)(F)C=C1)(c1ccccc1)c1ccc(Br)cc1. The Morgan fingerprint density at radius 2 is 1.57 bits per heavy atom. The Labute approximate surface area is 142 Å². The highest BCUT2D eigenvalue weighted by molar-refractivity contribution is 9.10. The van der Waals surface area contributed by atoms with Crippen LogP contribution in [0.2, 0.25) is 0 Å². The van der Waals surface area contributed by atoms with Crippen LogP contribution in [0.3, 0.4) is 0 Å². The number of halogens is 3. The quantitative estimate of drug-likeness (QED) is 0.779. The molecule has 0 bridgehead atoms. The van der Waals surface area contributed by atoms with Crippen molar-refractivity contribution >= 4 is 15.9 Å². The third kappa shape index (κ3) is 3.14. The number of aliphatic hydroxyl groups is 1. The molecule has 1 atom stereocenters. The summed E-state index contributed by atoms with van der Waals surface area (Å²) in [5.41, 5.74) is 0.267. The molecule has 0 amide bonds. The molecule has 23 heavy (non-hydrogen) atoms. The summed E-state index contributed by atoms with van der Waals surface area (Å²) >= 11 is 3.37. The van der Waals surface area contributed by atoms with Crippen LogP contribution in [0.4, 0.5) is 8.78 Å². The summed E-state index contributed by atoms with van der Waals surface area (Å²) in [7, 11) is 0. The van der Waals surface area contributed by atoms with Gasteiger partial charge in [0.25, 0.3) is 5.92 Å². The van der Waals surface area contributed by atoms with E-state index < -0.39 is 17.9 Å². The largest absolute Gasteiger partial charge is 0.376 e. The Hall–Kier alpha value is -1.78. The van der Waals surface area contributed by atoms with Crippen molar-refractivity contribution in [3.63, 3.8) is 0 Å². The third-order valence-electron chi connectivity index (χ3n) is 3.97. The molecule has 0 aromatic heterocycles. The first-order chi connectivity index (χ1) is 10.9. The fourth-order valence-corrected chi connectivity index (χ4v) is 3.00. The lowest BCUT2D eigenvalue weighted by Gasteiger charge is -2.33. The number of alkyl halides is 2. The molecule has 3 rings (SSSR count). The average molecular weight is 377 g/mol. The lowest BCUT2D eigenvalue weighted by atomic mass is 9.78. The summed E-state index contributed by atoms with van der Waals surface area (Å²) in [6.07, 6.45) is 3.17. The lowest BCUT2D eigenvalue weighted by Crippen LogP contribution is -2.31. The van der Waals surface area contributed by atoms with Crippen LogP contribution in [-0.4, -0.2) is 11.0 Å². The Morgan fingerprint density at radius 1 is 0.957 bits per heavy atom. The molecule has 0 saturated carbocycles. The van der Waals surface area contributed by atoms with Crippen molar-refractivity contribution in [1.82, 2.24) is 0 Å². The summed E-state index contributed by atoms with van der Waals surface area (Å²) in [4.78, 5) is 0. The second-order valence-electron chi connectivity index (χ2n) is 5.54. The van der Waals surface area contributed by atoms with E-state index in [0.717, 1.165) is 10.5 Å². The zero-order valence-electron chi connectivity index (χ0n) is 12.2. The van der Waals surface area contributed by atoms with Crippen molar-refractivity contribution < 1.29 is 13.9 Å². The number of allylic oxidation sites excluding steroid dienone is 2. The Kier molecular flexibility index (Phi) is 4.21. The van der Waals surface area contributed by atoms with Crippen molar-refractivity contribution in [1.29, 1.82) is 0 Å². The predicted molar refractivity (Wildman–Crippen MR) is 90.4 cm³/mol. The number of hydrogen-bond donors (Lipinski definition) is 1. The van der Waals surface area contributed by atoms with Crippen LogP contribution < -0.4 is 0 Å². The zero-order chi connectivity index (χ0) is 16.5. The highest BCUT2D eigenvalue weighted by atomic mass is 79.9. The maximum atomic E-state index is 13.4. The smallest absolute Gasteiger partial charge is 0.270 e. The van der Waals surface area contributed by atoms with E-state index in [1.165, 1.54) is 12.2 Å². The van der Waals surface area contributed by atoms with Crippen LogP contribution in [0.1, 0.15) is 17.5 Å². The highest BCUT2D eigenvalue weighted by Crippen LogP contribution is 2.41. The van der Waals surface area contributed by atoms with E-state index in [1.807, 2.05) is 30.3 Å². The Bertz CT molecular complexity index is 751. The van der Waals surface area contributed by atoms with Crippen LogP contribution in [0.25, 0.3) is 0 Å². The van der Waals surface area contributed by atoms with Crippen LogP contribution in [0.15, 0.2) is 82.9 Å². The van der Waals surface area contributed by atoms with Gasteiger partial charge in [0.1, 0.15) is 5.60 Å². The molecule has 1 aliphatic rings. The van der Waals surface area contributed by atoms with Gasteiger partial charge in [-0.15, -0.1) is 0 Å². The van der Waals surface area contributed by atoms with Gasteiger partial charge in [-0.25, -0.2) is 8.78 Å². The molecular weight excluding hydrogens is 362 g/mol. The predicted octanol–water partition coefficient (Wildman–Crippen LogP) is 5.21. The molecular formula is C19H15BrF2O. The van der Waals surface area contributed by atoms with Gasteiger partial charge in [0, 0.05) is 10.9 Å². The lowest BCUT2D eigenvalue weighted by molar-refractivity contribution is 0.0540. The normalized spacial score (nSPS) is 19.0. The fraction of sp³-hybridized carbons (Fsp3) is 0.158. The molecule has 0 radical (unpaired) electrons. The van der Waals surface area contributed by atoms with Crippen LogP contribution in [0.5, 0.6) is 0 Å². The number of hydrogen-bond acceptors (Lipinski definition) is 1. The fourth-order valence-electron chi connectivity index (χ4n) is 2.73. The van der Waals surface area contributed by atoms with E-state index in [2.05, 4.69) is 15.9 Å². The molecule has 1 aliphatic carbocycles. The average Bonchev–Trinajstić information content (AvgIpc) is 2.55. The van der Waals surface area contributed by atoms with Crippen molar-refractivity contribution in [2.45, 2.75) is 17.9 Å². The maximum Gasteiger partial charge on any atom is 0.270 e. The second-order valence-corrected chi connectivity index (χ2v) is 6.46. The first kappa shape index (κ1) is 16.1. The van der Waals surface area contributed by atoms with Gasteiger partial charge >= 0.3 is 0 Å². The van der Waals surface area contributed by atoms with Gasteiger partial charge in [0.15, 0.2) is 0 Å². The first-order valence-corrected chi connectivity index (χ1v) is 8.03. The number of benzene rings is 2. The second kappa shape index (κ2) is 6.02. The monoisotopic (exact) mass is 376 g/mol. The molecule has 0 heterocycles. The van der Waals surface area contributed by atoms with Crippen LogP contribution >= 0.6 is 15.9 Å². The van der Waals surface area contributed by atoms with Gasteiger partial charge in [-0.3, -0.25) is 0 Å². The minimum absolute atomic E-state index is 0.412. The molecule has 118 valence electrons. The van der Waals surface area contributed by atoms with Gasteiger partial charge in [-0.2, -0.15) is 0 Å². The number of rotatable bonds is 3. The molecule has 4 heteroatoms. The van der Waals surface area contributed by atoms with Gasteiger partial charge in [-0.1, -0.05) is 70.5 Å². The first-order valence-electron chi connectivity index (χ1n) is 7.23. The Balaban J connectivity index is 2.14. The summed E-state index contributed by atoms with van der Waals surface area (Å²) in [5, 5.41) is 11.5. The zero-order valence-corrected chi connectivity index (χ0v) is 13.8. The van der Waals surface area contributed by atoms with Crippen molar-refractivity contribution in [2.24, 2.45) is 0 Å². The van der Waals surface area contributed by atoms with E-state index in [-0.39, 0.29) is 0 Å². The minimum Gasteiger partial charge on any atom is -0.376 e. The molecule has 1 N–H and O–H groups in total. The van der Waals surface area contributed by atoms with Gasteiger partial charge in [0.05, 0.1) is 0 Å². The van der Waals surface area contributed by atoms with Gasteiger partial charge < -0.3 is 5.11 Å². The molecule has 2 aromatic rings. The summed E-state index contributed by atoms with van der Waals surface area (Å²) in [5.74, 6) is -2.86. The third-order valence-corrected chi connectivity index (χ3v) is 4.50. The van der Waals surface area contributed by atoms with E-state index in [9.17, 15) is 13.9 Å². The molecule has 1 nitrogen and oxygen atoms in total. The topological polar surface area (TPSA) is 20.2 Å². The summed E-state index contributed by atoms with van der Waals surface area (Å²) in [6, 6.07) is 16.3. The maximum absolute atomic E-state index is 13.4. The van der Waals surface area contributed by atoms with Gasteiger partial charge in [-0.05, 0) is 34.9 Å². The van der Waals surface area contributed by atoms with E-state index >= 15 is 0 Å². The van der Waals surface area contributed by atoms with Crippen LogP contribution in [-0.2, 0) is 5.60 Å². The van der Waals surface area contributed by atoms with Crippen molar-refractivity contribution in [3.8, 4) is 0 Å². The summed E-state index contributed by atoms with van der Waals surface area (Å²) in [6.45, 7) is 0. The molecule has 1 unspecified atom stereocenters. The molecule has 0 saturated heterocycles. The molecule has 0 spiro atoms. The van der Waals surface area contributed by atoms with Crippen LogP contribution in [0, 0.1) is 0 Å². The molecule has 0 fully saturated rings. The van der Waals surface area contributed by atoms with E-state index in [0.29, 0.717) is 16.7 Å². The molecule has 0 aliphatic heterocycles. The van der Waals surface area contributed by atoms with Crippen molar-refractivity contribution in [3.05, 3.63) is 94.0 Å². The Morgan fingerprint density at radius 3 is 2.13 bits per heavy atom. The van der Waals surface area contributed by atoms with Crippen molar-refractivity contribution in [2.75, 3.05) is 0 Å². The van der Waals surface area contributed by atoms with Gasteiger partial charge in [0.2, 0.25) is 0 Å². The highest BCUT2D eigenvalue weighted by Gasteiger charge is 2.38. The minimum atomic E-state index is -2.86. The van der Waals surface area contributed by atoms with E-state index in [4.69, 9.17) is 0 Å². The van der Waals surface area contributed by atoms with E-state index in [1.54, 1.807) is 24.3 Å². The molecule has 2 aromatic carbocycles.